The predicted molar refractivity (Wildman–Crippen MR) is 89.9 cm³/mol. The van der Waals surface area contributed by atoms with Crippen molar-refractivity contribution in [2.24, 2.45) is 0 Å². The van der Waals surface area contributed by atoms with E-state index in [1.165, 1.54) is 6.26 Å². The molecule has 1 saturated heterocycles. The molecule has 1 aliphatic heterocycles. The lowest BCUT2D eigenvalue weighted by Crippen LogP contribution is -2.27. The number of hydrogen-bond acceptors (Lipinski definition) is 4. The van der Waals surface area contributed by atoms with Crippen LogP contribution >= 0.6 is 0 Å². The van der Waals surface area contributed by atoms with E-state index in [1.807, 2.05) is 13.0 Å². The van der Waals surface area contributed by atoms with Gasteiger partial charge in [0, 0.05) is 35.8 Å². The van der Waals surface area contributed by atoms with Gasteiger partial charge in [-0.25, -0.2) is 17.7 Å². The van der Waals surface area contributed by atoms with E-state index in [9.17, 15) is 8.42 Å². The van der Waals surface area contributed by atoms with E-state index in [1.54, 1.807) is 16.7 Å². The molecular formula is C16H18N4O2S. The molecule has 1 aliphatic rings. The number of nitrogens with one attached hydrogen (secondary N) is 1. The van der Waals surface area contributed by atoms with Crippen LogP contribution in [-0.4, -0.2) is 47.0 Å². The number of aromatic nitrogens is 3. The monoisotopic (exact) mass is 330 g/mol. The van der Waals surface area contributed by atoms with Crippen molar-refractivity contribution in [3.63, 3.8) is 0 Å². The van der Waals surface area contributed by atoms with E-state index in [0.717, 1.165) is 39.6 Å². The van der Waals surface area contributed by atoms with Gasteiger partial charge < -0.3 is 4.98 Å². The van der Waals surface area contributed by atoms with E-state index in [0.29, 0.717) is 13.1 Å². The Labute approximate surface area is 134 Å². The minimum absolute atomic E-state index is 0.191. The van der Waals surface area contributed by atoms with Crippen LogP contribution in [0, 0.1) is 6.92 Å². The topological polar surface area (TPSA) is 79.0 Å². The van der Waals surface area contributed by atoms with Crippen LogP contribution in [0.15, 0.2) is 24.5 Å². The molecular weight excluding hydrogens is 312 g/mol. The zero-order valence-electron chi connectivity index (χ0n) is 13.1. The lowest BCUT2D eigenvalue weighted by atomic mass is 9.94. The Morgan fingerprint density at radius 3 is 2.91 bits per heavy atom. The van der Waals surface area contributed by atoms with Crippen LogP contribution < -0.4 is 0 Å². The predicted octanol–water partition coefficient (Wildman–Crippen LogP) is 2.17. The maximum absolute atomic E-state index is 11.8. The second kappa shape index (κ2) is 5.01. The van der Waals surface area contributed by atoms with Crippen LogP contribution in [0.25, 0.3) is 21.9 Å². The molecule has 0 bridgehead atoms. The maximum Gasteiger partial charge on any atom is 0.211 e. The molecule has 120 valence electrons. The first-order valence-electron chi connectivity index (χ1n) is 7.61. The lowest BCUT2D eigenvalue weighted by molar-refractivity contribution is 0.478. The Bertz CT molecular complexity index is 1010. The molecule has 3 aromatic rings. The van der Waals surface area contributed by atoms with Gasteiger partial charge in [0.1, 0.15) is 5.65 Å². The summed E-state index contributed by atoms with van der Waals surface area (Å²) < 4.78 is 25.1. The van der Waals surface area contributed by atoms with Crippen molar-refractivity contribution in [1.29, 1.82) is 0 Å². The fraction of sp³-hybridized carbons (Fsp3) is 0.375. The van der Waals surface area contributed by atoms with Crippen molar-refractivity contribution in [1.82, 2.24) is 19.3 Å². The molecule has 4 heterocycles. The fourth-order valence-electron chi connectivity index (χ4n) is 3.50. The minimum atomic E-state index is -3.14. The molecule has 0 aromatic carbocycles. The Morgan fingerprint density at radius 2 is 2.17 bits per heavy atom. The first kappa shape index (κ1) is 14.6. The van der Waals surface area contributed by atoms with Gasteiger partial charge in [-0.15, -0.1) is 0 Å². The molecule has 1 N–H and O–H groups in total. The second-order valence-electron chi connectivity index (χ2n) is 6.24. The highest BCUT2D eigenvalue weighted by atomic mass is 32.2. The van der Waals surface area contributed by atoms with Crippen molar-refractivity contribution in [2.45, 2.75) is 19.3 Å². The number of nitrogens with zero attached hydrogens (tertiary/aromatic N) is 3. The molecule has 23 heavy (non-hydrogen) atoms. The fourth-order valence-corrected chi connectivity index (χ4v) is 4.39. The molecule has 1 atom stereocenters. The molecule has 0 saturated carbocycles. The summed E-state index contributed by atoms with van der Waals surface area (Å²) in [5.41, 5.74) is 3.92. The third kappa shape index (κ3) is 2.40. The zero-order chi connectivity index (χ0) is 16.2. The molecule has 1 fully saturated rings. The van der Waals surface area contributed by atoms with E-state index in [2.05, 4.69) is 21.0 Å². The van der Waals surface area contributed by atoms with Crippen LogP contribution in [0.5, 0.6) is 0 Å². The van der Waals surface area contributed by atoms with Gasteiger partial charge in [-0.2, -0.15) is 0 Å². The number of aryl methyl sites for hydroxylation is 1. The van der Waals surface area contributed by atoms with Gasteiger partial charge in [-0.1, -0.05) is 0 Å². The Morgan fingerprint density at radius 1 is 1.35 bits per heavy atom. The molecule has 0 amide bonds. The highest BCUT2D eigenvalue weighted by Gasteiger charge is 2.30. The van der Waals surface area contributed by atoms with Crippen LogP contribution in [0.1, 0.15) is 23.6 Å². The number of aromatic amines is 1. The van der Waals surface area contributed by atoms with Gasteiger partial charge in [-0.3, -0.25) is 4.98 Å². The Kier molecular flexibility index (Phi) is 3.18. The SMILES string of the molecule is Cc1cc2c(ncc3nccc(C4CCN(S(C)(=O)=O)C4)c32)[nH]1. The summed E-state index contributed by atoms with van der Waals surface area (Å²) in [6, 6.07) is 4.10. The van der Waals surface area contributed by atoms with Gasteiger partial charge >= 0.3 is 0 Å². The molecule has 1 unspecified atom stereocenters. The van der Waals surface area contributed by atoms with Crippen molar-refractivity contribution in [3.8, 4) is 0 Å². The van der Waals surface area contributed by atoms with Crippen molar-refractivity contribution >= 4 is 32.0 Å². The van der Waals surface area contributed by atoms with Crippen molar-refractivity contribution < 1.29 is 8.42 Å². The summed E-state index contributed by atoms with van der Waals surface area (Å²) in [7, 11) is -3.14. The number of hydrogen-bond donors (Lipinski definition) is 1. The summed E-state index contributed by atoms with van der Waals surface area (Å²) >= 11 is 0. The molecule has 7 heteroatoms. The second-order valence-corrected chi connectivity index (χ2v) is 8.22. The standard InChI is InChI=1S/C16H18N4O2S/c1-10-7-13-15-12(11-4-6-20(9-11)23(2,21)22)3-5-17-14(15)8-18-16(13)19-10/h3,5,7-8,11H,4,6,9H2,1-2H3,(H,18,19). The number of sulfonamides is 1. The van der Waals surface area contributed by atoms with E-state index < -0.39 is 10.0 Å². The van der Waals surface area contributed by atoms with Crippen LogP contribution in [-0.2, 0) is 10.0 Å². The first-order valence-corrected chi connectivity index (χ1v) is 9.46. The molecule has 0 radical (unpaired) electrons. The minimum Gasteiger partial charge on any atom is -0.344 e. The van der Waals surface area contributed by atoms with Crippen molar-refractivity contribution in [2.75, 3.05) is 19.3 Å². The van der Waals surface area contributed by atoms with Gasteiger partial charge in [0.2, 0.25) is 10.0 Å². The number of pyridine rings is 2. The zero-order valence-corrected chi connectivity index (χ0v) is 13.9. The Balaban J connectivity index is 1.89. The lowest BCUT2D eigenvalue weighted by Gasteiger charge is -2.15. The van der Waals surface area contributed by atoms with E-state index in [-0.39, 0.29) is 5.92 Å². The summed E-state index contributed by atoms with van der Waals surface area (Å²) in [5.74, 6) is 0.191. The number of fused-ring (bicyclic) bond motifs is 3. The third-order valence-electron chi connectivity index (χ3n) is 4.59. The molecule has 6 nitrogen and oxygen atoms in total. The average Bonchev–Trinajstić information content (AvgIpc) is 3.11. The maximum atomic E-state index is 11.8. The normalized spacial score (nSPS) is 19.8. The molecule has 0 aliphatic carbocycles. The van der Waals surface area contributed by atoms with Crippen molar-refractivity contribution in [3.05, 3.63) is 35.8 Å². The highest BCUT2D eigenvalue weighted by Crippen LogP contribution is 2.35. The van der Waals surface area contributed by atoms with Gasteiger partial charge in [0.15, 0.2) is 0 Å². The van der Waals surface area contributed by atoms with Crippen LogP contribution in [0.3, 0.4) is 0 Å². The summed E-state index contributed by atoms with van der Waals surface area (Å²) in [6.07, 6.45) is 5.67. The van der Waals surface area contributed by atoms with Gasteiger partial charge in [0.05, 0.1) is 18.0 Å². The highest BCUT2D eigenvalue weighted by molar-refractivity contribution is 7.88. The molecule has 3 aromatic heterocycles. The average molecular weight is 330 g/mol. The number of H-pyrrole nitrogens is 1. The largest absolute Gasteiger partial charge is 0.344 e. The smallest absolute Gasteiger partial charge is 0.211 e. The third-order valence-corrected chi connectivity index (χ3v) is 5.86. The quantitative estimate of drug-likeness (QED) is 0.781. The first-order chi connectivity index (χ1) is 10.9. The summed E-state index contributed by atoms with van der Waals surface area (Å²) in [4.78, 5) is 12.1. The Hall–Kier alpha value is -1.99. The molecule has 0 spiro atoms. The summed E-state index contributed by atoms with van der Waals surface area (Å²) in [6.45, 7) is 3.11. The summed E-state index contributed by atoms with van der Waals surface area (Å²) in [5, 5.41) is 2.14. The van der Waals surface area contributed by atoms with Crippen LogP contribution in [0.4, 0.5) is 0 Å². The number of rotatable bonds is 2. The van der Waals surface area contributed by atoms with Gasteiger partial charge in [0.25, 0.3) is 0 Å². The van der Waals surface area contributed by atoms with E-state index in [4.69, 9.17) is 0 Å². The van der Waals surface area contributed by atoms with Crippen LogP contribution in [0.2, 0.25) is 0 Å². The van der Waals surface area contributed by atoms with E-state index >= 15 is 0 Å². The molecule has 4 rings (SSSR count). The van der Waals surface area contributed by atoms with Gasteiger partial charge in [-0.05, 0) is 37.0 Å².